The highest BCUT2D eigenvalue weighted by Crippen LogP contribution is 2.39. The molecule has 0 spiro atoms. The van der Waals surface area contributed by atoms with E-state index in [9.17, 15) is 4.79 Å². The second-order valence-electron chi connectivity index (χ2n) is 7.10. The van der Waals surface area contributed by atoms with Crippen molar-refractivity contribution in [1.82, 2.24) is 9.80 Å². The summed E-state index contributed by atoms with van der Waals surface area (Å²) in [4.78, 5) is 18.0. The number of benzene rings is 2. The Bertz CT molecular complexity index is 823. The molecule has 2 aromatic rings. The standard InChI is InChI=1S/C22H24Cl2N2OS/c1-4-10-25-20(11-16-8-6-5-7-9-16)21(26(15(2)3)22(25)27)28-19-13-17(23)12-18(24)14-19/h4-9,12-15,20-21H,1,10-11H2,2-3H3. The molecular formula is C22H24Cl2N2OS. The van der Waals surface area contributed by atoms with Crippen molar-refractivity contribution in [2.75, 3.05) is 6.54 Å². The molecule has 0 saturated carbocycles. The lowest BCUT2D eigenvalue weighted by Gasteiger charge is -2.29. The van der Waals surface area contributed by atoms with Crippen LogP contribution in [0.25, 0.3) is 0 Å². The molecule has 2 aromatic carbocycles. The molecule has 0 radical (unpaired) electrons. The molecule has 0 aromatic heterocycles. The predicted octanol–water partition coefficient (Wildman–Crippen LogP) is 6.35. The summed E-state index contributed by atoms with van der Waals surface area (Å²) in [6, 6.07) is 15.9. The van der Waals surface area contributed by atoms with E-state index in [0.717, 1.165) is 11.3 Å². The molecule has 0 bridgehead atoms. The molecule has 1 aliphatic heterocycles. The first-order valence-electron chi connectivity index (χ1n) is 9.27. The summed E-state index contributed by atoms with van der Waals surface area (Å²) >= 11 is 14.0. The van der Waals surface area contributed by atoms with Gasteiger partial charge in [0, 0.05) is 27.5 Å². The number of carbonyl (C=O) groups is 1. The monoisotopic (exact) mass is 434 g/mol. The summed E-state index contributed by atoms with van der Waals surface area (Å²) in [5.41, 5.74) is 1.20. The molecule has 2 unspecified atom stereocenters. The molecule has 1 heterocycles. The van der Waals surface area contributed by atoms with E-state index in [1.165, 1.54) is 5.56 Å². The molecule has 0 aliphatic carbocycles. The topological polar surface area (TPSA) is 23.6 Å². The molecular weight excluding hydrogens is 411 g/mol. The summed E-state index contributed by atoms with van der Waals surface area (Å²) in [5.74, 6) is 0. The fraction of sp³-hybridized carbons (Fsp3) is 0.318. The Morgan fingerprint density at radius 1 is 1.14 bits per heavy atom. The van der Waals surface area contributed by atoms with Crippen molar-refractivity contribution in [2.24, 2.45) is 0 Å². The van der Waals surface area contributed by atoms with E-state index in [0.29, 0.717) is 16.6 Å². The van der Waals surface area contributed by atoms with E-state index in [1.807, 2.05) is 54.0 Å². The van der Waals surface area contributed by atoms with Crippen LogP contribution in [-0.4, -0.2) is 39.8 Å². The van der Waals surface area contributed by atoms with Crippen molar-refractivity contribution in [3.05, 3.63) is 76.8 Å². The molecule has 3 nitrogen and oxygen atoms in total. The highest BCUT2D eigenvalue weighted by molar-refractivity contribution is 8.00. The van der Waals surface area contributed by atoms with Crippen molar-refractivity contribution < 1.29 is 4.79 Å². The van der Waals surface area contributed by atoms with E-state index in [1.54, 1.807) is 23.9 Å². The summed E-state index contributed by atoms with van der Waals surface area (Å²) in [5, 5.41) is 1.14. The van der Waals surface area contributed by atoms with Gasteiger partial charge in [-0.15, -0.1) is 6.58 Å². The van der Waals surface area contributed by atoms with Crippen LogP contribution in [0.4, 0.5) is 4.79 Å². The molecule has 2 atom stereocenters. The van der Waals surface area contributed by atoms with Gasteiger partial charge in [0.25, 0.3) is 0 Å². The molecule has 1 fully saturated rings. The van der Waals surface area contributed by atoms with Crippen molar-refractivity contribution in [3.63, 3.8) is 0 Å². The number of nitrogens with zero attached hydrogens (tertiary/aromatic N) is 2. The number of hydrogen-bond acceptors (Lipinski definition) is 2. The van der Waals surface area contributed by atoms with Gasteiger partial charge in [-0.3, -0.25) is 0 Å². The zero-order valence-electron chi connectivity index (χ0n) is 16.0. The Morgan fingerprint density at radius 2 is 1.79 bits per heavy atom. The number of carbonyl (C=O) groups excluding carboxylic acids is 1. The molecule has 28 heavy (non-hydrogen) atoms. The Hall–Kier alpha value is -1.62. The summed E-state index contributed by atoms with van der Waals surface area (Å²) in [6.45, 7) is 8.47. The molecule has 148 valence electrons. The van der Waals surface area contributed by atoms with E-state index < -0.39 is 0 Å². The Labute approximate surface area is 181 Å². The van der Waals surface area contributed by atoms with Crippen LogP contribution in [0.15, 0.2) is 66.1 Å². The van der Waals surface area contributed by atoms with E-state index in [-0.39, 0.29) is 23.5 Å². The van der Waals surface area contributed by atoms with Gasteiger partial charge in [0.15, 0.2) is 0 Å². The molecule has 6 heteroatoms. The van der Waals surface area contributed by atoms with Gasteiger partial charge in [0.1, 0.15) is 5.37 Å². The van der Waals surface area contributed by atoms with Crippen LogP contribution in [0.3, 0.4) is 0 Å². The number of urea groups is 1. The molecule has 0 N–H and O–H groups in total. The van der Waals surface area contributed by atoms with E-state index in [4.69, 9.17) is 23.2 Å². The number of halogens is 2. The molecule has 2 amide bonds. The largest absolute Gasteiger partial charge is 0.321 e. The van der Waals surface area contributed by atoms with E-state index >= 15 is 0 Å². The third-order valence-electron chi connectivity index (χ3n) is 4.73. The Kier molecular flexibility index (Phi) is 6.97. The predicted molar refractivity (Wildman–Crippen MR) is 119 cm³/mol. The smallest absolute Gasteiger partial charge is 0.315 e. The zero-order valence-corrected chi connectivity index (χ0v) is 18.3. The average Bonchev–Trinajstić information content (AvgIpc) is 2.87. The summed E-state index contributed by atoms with van der Waals surface area (Å²) < 4.78 is 0. The highest BCUT2D eigenvalue weighted by Gasteiger charge is 2.46. The van der Waals surface area contributed by atoms with Crippen LogP contribution < -0.4 is 0 Å². The lowest BCUT2D eigenvalue weighted by atomic mass is 10.1. The second-order valence-corrected chi connectivity index (χ2v) is 9.16. The van der Waals surface area contributed by atoms with Crippen molar-refractivity contribution in [3.8, 4) is 0 Å². The Morgan fingerprint density at radius 3 is 2.36 bits per heavy atom. The number of rotatable bonds is 7. The van der Waals surface area contributed by atoms with Crippen LogP contribution in [0.1, 0.15) is 19.4 Å². The van der Waals surface area contributed by atoms with Crippen molar-refractivity contribution >= 4 is 41.0 Å². The van der Waals surface area contributed by atoms with Crippen LogP contribution in [0.5, 0.6) is 0 Å². The lowest BCUT2D eigenvalue weighted by Crippen LogP contribution is -2.39. The van der Waals surface area contributed by atoms with Crippen LogP contribution in [0, 0.1) is 0 Å². The first-order valence-corrected chi connectivity index (χ1v) is 10.9. The van der Waals surface area contributed by atoms with Gasteiger partial charge in [-0.2, -0.15) is 0 Å². The third-order valence-corrected chi connectivity index (χ3v) is 6.46. The molecule has 1 aliphatic rings. The fourth-order valence-corrected chi connectivity index (χ4v) is 5.72. The third kappa shape index (κ3) is 4.68. The molecule has 3 rings (SSSR count). The minimum absolute atomic E-state index is 0.0121. The number of amides is 2. The minimum atomic E-state index is -0.0535. The lowest BCUT2D eigenvalue weighted by molar-refractivity contribution is 0.182. The van der Waals surface area contributed by atoms with Crippen LogP contribution in [-0.2, 0) is 6.42 Å². The first kappa shape index (κ1) is 21.1. The van der Waals surface area contributed by atoms with Gasteiger partial charge in [0.2, 0.25) is 0 Å². The minimum Gasteiger partial charge on any atom is -0.315 e. The summed E-state index contributed by atoms with van der Waals surface area (Å²) in [7, 11) is 0. The molecule has 1 saturated heterocycles. The van der Waals surface area contributed by atoms with Gasteiger partial charge in [0.05, 0.1) is 6.04 Å². The fourth-order valence-electron chi connectivity index (χ4n) is 3.54. The van der Waals surface area contributed by atoms with Crippen LogP contribution >= 0.6 is 35.0 Å². The first-order chi connectivity index (χ1) is 13.4. The van der Waals surface area contributed by atoms with Gasteiger partial charge in [-0.1, -0.05) is 71.4 Å². The van der Waals surface area contributed by atoms with Gasteiger partial charge >= 0.3 is 6.03 Å². The number of hydrogen-bond donors (Lipinski definition) is 0. The normalized spacial score (nSPS) is 19.5. The van der Waals surface area contributed by atoms with Crippen molar-refractivity contribution in [2.45, 2.75) is 42.6 Å². The van der Waals surface area contributed by atoms with E-state index in [2.05, 4.69) is 18.7 Å². The highest BCUT2D eigenvalue weighted by atomic mass is 35.5. The SMILES string of the molecule is C=CCN1C(=O)N(C(C)C)C(Sc2cc(Cl)cc(Cl)c2)C1Cc1ccccc1. The maximum Gasteiger partial charge on any atom is 0.321 e. The number of thioether (sulfide) groups is 1. The maximum absolute atomic E-state index is 13.2. The summed E-state index contributed by atoms with van der Waals surface area (Å²) in [6.07, 6.45) is 2.56. The second kappa shape index (κ2) is 9.25. The van der Waals surface area contributed by atoms with Crippen molar-refractivity contribution in [1.29, 1.82) is 0 Å². The van der Waals surface area contributed by atoms with Gasteiger partial charge in [-0.05, 0) is 44.0 Å². The quantitative estimate of drug-likeness (QED) is 0.473. The van der Waals surface area contributed by atoms with Crippen LogP contribution in [0.2, 0.25) is 10.0 Å². The Balaban J connectivity index is 1.98. The maximum atomic E-state index is 13.2. The van der Waals surface area contributed by atoms with Gasteiger partial charge < -0.3 is 9.80 Å². The average molecular weight is 435 g/mol. The zero-order chi connectivity index (χ0) is 20.3. The van der Waals surface area contributed by atoms with Gasteiger partial charge in [-0.25, -0.2) is 4.79 Å².